The molecule has 0 aromatic carbocycles. The van der Waals surface area contributed by atoms with Crippen molar-refractivity contribution < 1.29 is 14.6 Å². The second-order valence-electron chi connectivity index (χ2n) is 6.22. The number of aromatic amines is 1. The van der Waals surface area contributed by atoms with Gasteiger partial charge in [-0.25, -0.2) is 4.79 Å². The average molecular weight is 324 g/mol. The van der Waals surface area contributed by atoms with Crippen LogP contribution in [0.15, 0.2) is 6.20 Å². The highest BCUT2D eigenvalue weighted by Gasteiger charge is 2.29. The molecule has 7 nitrogen and oxygen atoms in total. The van der Waals surface area contributed by atoms with Crippen molar-refractivity contribution in [1.29, 1.82) is 0 Å². The summed E-state index contributed by atoms with van der Waals surface area (Å²) in [6.07, 6.45) is 2.47. The molecule has 1 aromatic rings. The van der Waals surface area contributed by atoms with Crippen molar-refractivity contribution in [1.82, 2.24) is 20.0 Å². The molecule has 1 unspecified atom stereocenters. The number of H-pyrrole nitrogens is 1. The summed E-state index contributed by atoms with van der Waals surface area (Å²) in [4.78, 5) is 16.7. The van der Waals surface area contributed by atoms with E-state index in [1.54, 1.807) is 13.1 Å². The van der Waals surface area contributed by atoms with E-state index in [1.807, 2.05) is 0 Å². The summed E-state index contributed by atoms with van der Waals surface area (Å²) in [5.41, 5.74) is 1.31. The van der Waals surface area contributed by atoms with E-state index >= 15 is 0 Å². The predicted octanol–water partition coefficient (Wildman–Crippen LogP) is 0.863. The van der Waals surface area contributed by atoms with E-state index in [2.05, 4.69) is 33.8 Å². The SMILES string of the molecule is CCOC(=O)c1[nH]ncc1CN1CCN(C(C)C)C(CCO)C1. The van der Waals surface area contributed by atoms with Crippen LogP contribution in [0.4, 0.5) is 0 Å². The summed E-state index contributed by atoms with van der Waals surface area (Å²) in [6, 6.07) is 0.810. The van der Waals surface area contributed by atoms with Crippen LogP contribution < -0.4 is 0 Å². The van der Waals surface area contributed by atoms with E-state index in [-0.39, 0.29) is 12.6 Å². The van der Waals surface area contributed by atoms with Crippen LogP contribution in [0.2, 0.25) is 0 Å². The van der Waals surface area contributed by atoms with Crippen molar-refractivity contribution in [2.45, 2.75) is 45.8 Å². The lowest BCUT2D eigenvalue weighted by Gasteiger charge is -2.43. The normalized spacial score (nSPS) is 20.1. The molecule has 0 amide bonds. The Morgan fingerprint density at radius 2 is 2.30 bits per heavy atom. The minimum atomic E-state index is -0.354. The predicted molar refractivity (Wildman–Crippen MR) is 87.2 cm³/mol. The van der Waals surface area contributed by atoms with Crippen molar-refractivity contribution in [3.8, 4) is 0 Å². The van der Waals surface area contributed by atoms with Gasteiger partial charge in [-0.1, -0.05) is 0 Å². The molecule has 23 heavy (non-hydrogen) atoms. The third-order valence-corrected chi connectivity index (χ3v) is 4.33. The van der Waals surface area contributed by atoms with Gasteiger partial charge < -0.3 is 9.84 Å². The smallest absolute Gasteiger partial charge is 0.356 e. The topological polar surface area (TPSA) is 81.7 Å². The quantitative estimate of drug-likeness (QED) is 0.724. The van der Waals surface area contributed by atoms with Gasteiger partial charge in [-0.2, -0.15) is 5.10 Å². The second-order valence-corrected chi connectivity index (χ2v) is 6.22. The Morgan fingerprint density at radius 3 is 2.96 bits per heavy atom. The van der Waals surface area contributed by atoms with E-state index < -0.39 is 0 Å². The number of aromatic nitrogens is 2. The molecule has 1 aliphatic heterocycles. The third kappa shape index (κ3) is 4.53. The van der Waals surface area contributed by atoms with Gasteiger partial charge in [0.1, 0.15) is 5.69 Å². The highest BCUT2D eigenvalue weighted by Crippen LogP contribution is 2.19. The van der Waals surface area contributed by atoms with Gasteiger partial charge in [0.05, 0.1) is 12.8 Å². The van der Waals surface area contributed by atoms with Crippen molar-refractivity contribution in [3.63, 3.8) is 0 Å². The first-order valence-corrected chi connectivity index (χ1v) is 8.35. The first-order chi connectivity index (χ1) is 11.1. The monoisotopic (exact) mass is 324 g/mol. The molecular formula is C16H28N4O3. The molecule has 2 heterocycles. The number of hydrogen-bond donors (Lipinski definition) is 2. The van der Waals surface area contributed by atoms with Crippen LogP contribution in [-0.4, -0.2) is 76.0 Å². The van der Waals surface area contributed by atoms with Gasteiger partial charge in [0.2, 0.25) is 0 Å². The van der Waals surface area contributed by atoms with Crippen LogP contribution in [-0.2, 0) is 11.3 Å². The van der Waals surface area contributed by atoms with Gasteiger partial charge in [-0.15, -0.1) is 0 Å². The summed E-state index contributed by atoms with van der Waals surface area (Å²) in [6.45, 7) is 10.2. The fourth-order valence-electron chi connectivity index (χ4n) is 3.22. The molecule has 2 rings (SSSR count). The van der Waals surface area contributed by atoms with E-state index in [4.69, 9.17) is 4.74 Å². The Labute approximate surface area is 137 Å². The van der Waals surface area contributed by atoms with Crippen LogP contribution in [0, 0.1) is 0 Å². The van der Waals surface area contributed by atoms with E-state index in [1.165, 1.54) is 0 Å². The molecule has 2 N–H and O–H groups in total. The number of rotatable bonds is 7. The van der Waals surface area contributed by atoms with Crippen molar-refractivity contribution >= 4 is 5.97 Å². The first-order valence-electron chi connectivity index (χ1n) is 8.35. The summed E-state index contributed by atoms with van der Waals surface area (Å²) in [5.74, 6) is -0.354. The van der Waals surface area contributed by atoms with Gasteiger partial charge in [0.25, 0.3) is 0 Å². The van der Waals surface area contributed by atoms with Crippen LogP contribution in [0.25, 0.3) is 0 Å². The van der Waals surface area contributed by atoms with E-state index in [0.717, 1.165) is 31.6 Å². The molecule has 130 valence electrons. The Bertz CT molecular complexity index is 503. The maximum atomic E-state index is 11.9. The standard InChI is InChI=1S/C16H28N4O3/c1-4-23-16(22)15-13(9-17-18-15)10-19-6-7-20(12(2)3)14(11-19)5-8-21/h9,12,14,21H,4-8,10-11H2,1-3H3,(H,17,18). The number of ether oxygens (including phenoxy) is 1. The second kappa shape index (κ2) is 8.42. The molecule has 0 bridgehead atoms. The summed E-state index contributed by atoms with van der Waals surface area (Å²) < 4.78 is 5.05. The van der Waals surface area contributed by atoms with Crippen LogP contribution in [0.3, 0.4) is 0 Å². The minimum Gasteiger partial charge on any atom is -0.461 e. The van der Waals surface area contributed by atoms with Crippen LogP contribution in [0.5, 0.6) is 0 Å². The van der Waals surface area contributed by atoms with E-state index in [0.29, 0.717) is 30.9 Å². The van der Waals surface area contributed by atoms with Crippen LogP contribution in [0.1, 0.15) is 43.2 Å². The summed E-state index contributed by atoms with van der Waals surface area (Å²) in [5, 5.41) is 16.0. The highest BCUT2D eigenvalue weighted by molar-refractivity contribution is 5.88. The van der Waals surface area contributed by atoms with Gasteiger partial charge in [-0.05, 0) is 27.2 Å². The summed E-state index contributed by atoms with van der Waals surface area (Å²) in [7, 11) is 0. The Kier molecular flexibility index (Phi) is 6.56. The number of esters is 1. The molecule has 7 heteroatoms. The molecule has 0 spiro atoms. The third-order valence-electron chi connectivity index (χ3n) is 4.33. The van der Waals surface area contributed by atoms with Gasteiger partial charge in [0.15, 0.2) is 0 Å². The lowest BCUT2D eigenvalue weighted by molar-refractivity contribution is 0.0344. The number of carbonyl (C=O) groups is 1. The number of aliphatic hydroxyl groups is 1. The maximum Gasteiger partial charge on any atom is 0.356 e. The molecule has 0 aliphatic carbocycles. The molecular weight excluding hydrogens is 296 g/mol. The first kappa shape index (κ1) is 17.9. The molecule has 1 atom stereocenters. The molecule has 1 fully saturated rings. The molecule has 0 saturated carbocycles. The van der Waals surface area contributed by atoms with E-state index in [9.17, 15) is 9.90 Å². The molecule has 1 aliphatic rings. The zero-order valence-corrected chi connectivity index (χ0v) is 14.3. The minimum absolute atomic E-state index is 0.196. The number of nitrogens with zero attached hydrogens (tertiary/aromatic N) is 3. The molecule has 1 saturated heterocycles. The number of hydrogen-bond acceptors (Lipinski definition) is 6. The lowest BCUT2D eigenvalue weighted by atomic mass is 10.1. The van der Waals surface area contributed by atoms with Crippen molar-refractivity contribution in [3.05, 3.63) is 17.5 Å². The Balaban J connectivity index is 2.01. The number of aliphatic hydroxyl groups excluding tert-OH is 1. The zero-order chi connectivity index (χ0) is 16.8. The fourth-order valence-corrected chi connectivity index (χ4v) is 3.22. The fraction of sp³-hybridized carbons (Fsp3) is 0.750. The Hall–Kier alpha value is -1.44. The maximum absolute atomic E-state index is 11.9. The Morgan fingerprint density at radius 1 is 1.52 bits per heavy atom. The number of nitrogens with one attached hydrogen (secondary N) is 1. The summed E-state index contributed by atoms with van der Waals surface area (Å²) >= 11 is 0. The number of piperazine rings is 1. The lowest BCUT2D eigenvalue weighted by Crippen LogP contribution is -2.55. The largest absolute Gasteiger partial charge is 0.461 e. The highest BCUT2D eigenvalue weighted by atomic mass is 16.5. The average Bonchev–Trinajstić information content (AvgIpc) is 2.96. The van der Waals surface area contributed by atoms with Crippen molar-refractivity contribution in [2.75, 3.05) is 32.8 Å². The van der Waals surface area contributed by atoms with Crippen molar-refractivity contribution in [2.24, 2.45) is 0 Å². The molecule has 0 radical (unpaired) electrons. The van der Waals surface area contributed by atoms with Gasteiger partial charge in [-0.3, -0.25) is 14.9 Å². The molecule has 1 aromatic heterocycles. The van der Waals surface area contributed by atoms with Gasteiger partial charge in [0, 0.05) is 50.4 Å². The zero-order valence-electron chi connectivity index (χ0n) is 14.3. The van der Waals surface area contributed by atoms with Gasteiger partial charge >= 0.3 is 5.97 Å². The van der Waals surface area contributed by atoms with Crippen LogP contribution >= 0.6 is 0 Å². The number of carbonyl (C=O) groups excluding carboxylic acids is 1.